The molecule has 5 heteroatoms. The summed E-state index contributed by atoms with van der Waals surface area (Å²) >= 11 is 0. The summed E-state index contributed by atoms with van der Waals surface area (Å²) in [6, 6.07) is 0.0437. The van der Waals surface area contributed by atoms with E-state index in [0.29, 0.717) is 0 Å². The molecule has 2 aliphatic carbocycles. The molecule has 3 aliphatic rings. The van der Waals surface area contributed by atoms with Gasteiger partial charge in [-0.15, -0.1) is 0 Å². The van der Waals surface area contributed by atoms with Crippen LogP contribution in [0.4, 0.5) is 0 Å². The Hall–Kier alpha value is -1.39. The predicted molar refractivity (Wildman–Crippen MR) is 52.2 cm³/mol. The molecule has 1 saturated heterocycles. The molecule has 0 aromatic carbocycles. The van der Waals surface area contributed by atoms with Gasteiger partial charge in [0.25, 0.3) is 0 Å². The first kappa shape index (κ1) is 9.81. The molecular weight excluding hydrogens is 210 g/mol. The molecular formula is C11H13NO4. The first-order valence-corrected chi connectivity index (χ1v) is 5.72. The quantitative estimate of drug-likeness (QED) is 0.681. The highest BCUT2D eigenvalue weighted by atomic mass is 16.4. The number of hydrogen-bond donors (Lipinski definition) is 1. The molecule has 5 nitrogen and oxygen atoms in total. The van der Waals surface area contributed by atoms with Gasteiger partial charge < -0.3 is 5.11 Å². The van der Waals surface area contributed by atoms with Crippen LogP contribution in [0.2, 0.25) is 0 Å². The zero-order chi connectivity index (χ0) is 11.4. The van der Waals surface area contributed by atoms with Crippen LogP contribution in [0.5, 0.6) is 0 Å². The average molecular weight is 223 g/mol. The highest BCUT2D eigenvalue weighted by molar-refractivity contribution is 6.13. The minimum atomic E-state index is -1.01. The predicted octanol–water partition coefficient (Wildman–Crippen LogP) is 0.245. The van der Waals surface area contributed by atoms with Gasteiger partial charge in [0.1, 0.15) is 0 Å². The summed E-state index contributed by atoms with van der Waals surface area (Å²) < 4.78 is 0. The molecule has 2 saturated carbocycles. The number of hydrogen-bond acceptors (Lipinski definition) is 3. The number of nitrogens with zero attached hydrogens (tertiary/aromatic N) is 1. The Balaban J connectivity index is 1.79. The second-order valence-electron chi connectivity index (χ2n) is 4.90. The molecule has 16 heavy (non-hydrogen) atoms. The number of carbonyl (C=O) groups excluding carboxylic acids is 2. The molecule has 3 rings (SSSR count). The lowest BCUT2D eigenvalue weighted by atomic mass is 10.1. The molecule has 0 aromatic heterocycles. The molecule has 1 N–H and O–H groups in total. The summed E-state index contributed by atoms with van der Waals surface area (Å²) in [4.78, 5) is 35.9. The van der Waals surface area contributed by atoms with Crippen LogP contribution >= 0.6 is 0 Å². The number of aliphatic carboxylic acids is 1. The van der Waals surface area contributed by atoms with E-state index in [1.165, 1.54) is 4.90 Å². The van der Waals surface area contributed by atoms with Crippen molar-refractivity contribution in [1.29, 1.82) is 0 Å². The number of piperidine rings is 1. The highest BCUT2D eigenvalue weighted by Gasteiger charge is 2.71. The molecule has 1 aliphatic heterocycles. The van der Waals surface area contributed by atoms with E-state index in [1.807, 2.05) is 0 Å². The number of carbonyl (C=O) groups is 3. The monoisotopic (exact) mass is 223 g/mol. The van der Waals surface area contributed by atoms with Crippen LogP contribution in [0, 0.1) is 17.8 Å². The molecule has 86 valence electrons. The van der Waals surface area contributed by atoms with Crippen molar-refractivity contribution in [3.8, 4) is 0 Å². The summed E-state index contributed by atoms with van der Waals surface area (Å²) in [7, 11) is 0. The number of likely N-dealkylation sites (tertiary alicyclic amines) is 1. The second kappa shape index (κ2) is 3.06. The largest absolute Gasteiger partial charge is 0.481 e. The minimum absolute atomic E-state index is 0.0437. The van der Waals surface area contributed by atoms with Gasteiger partial charge in [0.15, 0.2) is 0 Å². The van der Waals surface area contributed by atoms with E-state index in [1.54, 1.807) is 0 Å². The van der Waals surface area contributed by atoms with Crippen LogP contribution in [-0.4, -0.2) is 33.8 Å². The number of carboxylic acids is 1. The molecule has 0 spiro atoms. The van der Waals surface area contributed by atoms with Gasteiger partial charge in [-0.05, 0) is 12.8 Å². The number of carboxylic acid groups (broad SMARTS) is 1. The van der Waals surface area contributed by atoms with E-state index in [2.05, 4.69) is 0 Å². The topological polar surface area (TPSA) is 74.7 Å². The molecule has 3 fully saturated rings. The smallest absolute Gasteiger partial charge is 0.308 e. The van der Waals surface area contributed by atoms with Crippen molar-refractivity contribution in [3.05, 3.63) is 0 Å². The molecule has 2 atom stereocenters. The van der Waals surface area contributed by atoms with Crippen molar-refractivity contribution >= 4 is 17.8 Å². The fourth-order valence-electron chi connectivity index (χ4n) is 3.18. The molecule has 0 aromatic rings. The molecule has 1 heterocycles. The third-order valence-corrected chi connectivity index (χ3v) is 4.04. The summed E-state index contributed by atoms with van der Waals surface area (Å²) in [5.74, 6) is -3.33. The van der Waals surface area contributed by atoms with Crippen molar-refractivity contribution < 1.29 is 19.5 Å². The Bertz CT molecular complexity index is 363. The SMILES string of the molecule is O=C(O)C1C2C(=O)N(C3CCCC3)C(=O)C12. The maximum absolute atomic E-state index is 11.9. The summed E-state index contributed by atoms with van der Waals surface area (Å²) in [6.07, 6.45) is 3.88. The Morgan fingerprint density at radius 2 is 1.62 bits per heavy atom. The Morgan fingerprint density at radius 1 is 1.12 bits per heavy atom. The van der Waals surface area contributed by atoms with Gasteiger partial charge in [0.05, 0.1) is 17.8 Å². The van der Waals surface area contributed by atoms with E-state index < -0.39 is 23.7 Å². The van der Waals surface area contributed by atoms with Gasteiger partial charge in [-0.3, -0.25) is 19.3 Å². The van der Waals surface area contributed by atoms with Crippen molar-refractivity contribution in [3.63, 3.8) is 0 Å². The lowest BCUT2D eigenvalue weighted by molar-refractivity contribution is -0.150. The van der Waals surface area contributed by atoms with E-state index >= 15 is 0 Å². The van der Waals surface area contributed by atoms with Crippen LogP contribution in [0.3, 0.4) is 0 Å². The van der Waals surface area contributed by atoms with Gasteiger partial charge >= 0.3 is 5.97 Å². The fraction of sp³-hybridized carbons (Fsp3) is 0.727. The van der Waals surface area contributed by atoms with Crippen LogP contribution in [0.15, 0.2) is 0 Å². The highest BCUT2D eigenvalue weighted by Crippen LogP contribution is 2.54. The Labute approximate surface area is 92.4 Å². The van der Waals surface area contributed by atoms with Crippen molar-refractivity contribution in [2.45, 2.75) is 31.7 Å². The maximum Gasteiger partial charge on any atom is 0.308 e. The number of amides is 2. The fourth-order valence-corrected chi connectivity index (χ4v) is 3.18. The minimum Gasteiger partial charge on any atom is -0.481 e. The molecule has 0 bridgehead atoms. The van der Waals surface area contributed by atoms with Crippen LogP contribution < -0.4 is 0 Å². The zero-order valence-corrected chi connectivity index (χ0v) is 8.76. The van der Waals surface area contributed by atoms with Gasteiger partial charge in [0, 0.05) is 6.04 Å². The van der Waals surface area contributed by atoms with Gasteiger partial charge in [-0.25, -0.2) is 0 Å². The van der Waals surface area contributed by atoms with Gasteiger partial charge in [-0.2, -0.15) is 0 Å². The summed E-state index contributed by atoms with van der Waals surface area (Å²) in [5, 5.41) is 8.82. The molecule has 0 radical (unpaired) electrons. The first-order chi connectivity index (χ1) is 7.63. The lowest BCUT2D eigenvalue weighted by Crippen LogP contribution is -2.42. The normalized spacial score (nSPS) is 38.0. The molecule has 2 amide bonds. The second-order valence-corrected chi connectivity index (χ2v) is 4.90. The van der Waals surface area contributed by atoms with Crippen LogP contribution in [0.25, 0.3) is 0 Å². The third-order valence-electron chi connectivity index (χ3n) is 4.04. The van der Waals surface area contributed by atoms with Crippen molar-refractivity contribution in [1.82, 2.24) is 4.90 Å². The van der Waals surface area contributed by atoms with Crippen LogP contribution in [-0.2, 0) is 14.4 Å². The van der Waals surface area contributed by atoms with Crippen LogP contribution in [0.1, 0.15) is 25.7 Å². The average Bonchev–Trinajstić information content (AvgIpc) is 2.67. The number of fused-ring (bicyclic) bond motifs is 1. The Morgan fingerprint density at radius 3 is 2.06 bits per heavy atom. The zero-order valence-electron chi connectivity index (χ0n) is 8.76. The van der Waals surface area contributed by atoms with E-state index in [4.69, 9.17) is 5.11 Å². The number of imide groups is 1. The third kappa shape index (κ3) is 1.08. The van der Waals surface area contributed by atoms with Gasteiger partial charge in [0.2, 0.25) is 11.8 Å². The lowest BCUT2D eigenvalue weighted by Gasteiger charge is -2.24. The molecule has 2 unspecified atom stereocenters. The standard InChI is InChI=1S/C11H13NO4/c13-9-6-7(8(6)11(15)16)10(14)12(9)5-3-1-2-4-5/h5-8H,1-4H2,(H,15,16). The van der Waals surface area contributed by atoms with E-state index in [9.17, 15) is 14.4 Å². The Kier molecular flexibility index (Phi) is 1.87. The summed E-state index contributed by atoms with van der Waals surface area (Å²) in [6.45, 7) is 0. The number of rotatable bonds is 2. The van der Waals surface area contributed by atoms with Crippen molar-refractivity contribution in [2.24, 2.45) is 17.8 Å². The van der Waals surface area contributed by atoms with Crippen molar-refractivity contribution in [2.75, 3.05) is 0 Å². The van der Waals surface area contributed by atoms with E-state index in [0.717, 1.165) is 25.7 Å². The summed E-state index contributed by atoms with van der Waals surface area (Å²) in [5.41, 5.74) is 0. The van der Waals surface area contributed by atoms with E-state index in [-0.39, 0.29) is 17.9 Å². The maximum atomic E-state index is 11.9. The first-order valence-electron chi connectivity index (χ1n) is 5.72. The van der Waals surface area contributed by atoms with Gasteiger partial charge in [-0.1, -0.05) is 12.8 Å².